The average Bonchev–Trinajstić information content (AvgIpc) is 3.17. The van der Waals surface area contributed by atoms with Crippen LogP contribution in [0.15, 0.2) is 77.4 Å². The molecule has 0 aromatic heterocycles. The Bertz CT molecular complexity index is 1080. The summed E-state index contributed by atoms with van der Waals surface area (Å²) in [5, 5.41) is 1.33. The van der Waals surface area contributed by atoms with E-state index < -0.39 is 17.8 Å². The van der Waals surface area contributed by atoms with Gasteiger partial charge in [-0.1, -0.05) is 54.1 Å². The second-order valence-electron chi connectivity index (χ2n) is 7.79. The molecule has 2 saturated heterocycles. The first-order valence-corrected chi connectivity index (χ1v) is 10.7. The Balaban J connectivity index is 1.51. The Hall–Kier alpha value is -3.82. The van der Waals surface area contributed by atoms with Crippen LogP contribution >= 0.6 is 0 Å². The van der Waals surface area contributed by atoms with E-state index in [0.29, 0.717) is 31.7 Å². The van der Waals surface area contributed by atoms with Crippen LogP contribution in [0.3, 0.4) is 0 Å². The highest BCUT2D eigenvalue weighted by Crippen LogP contribution is 2.13. The number of rotatable bonds is 5. The molecule has 1 N–H and O–H groups in total. The van der Waals surface area contributed by atoms with E-state index in [0.717, 1.165) is 6.54 Å². The van der Waals surface area contributed by atoms with Crippen LogP contribution in [0.2, 0.25) is 0 Å². The fraction of sp³-hybridized carbons (Fsp3) is 0.250. The monoisotopic (exact) mass is 447 g/mol. The van der Waals surface area contributed by atoms with Crippen molar-refractivity contribution in [1.29, 1.82) is 0 Å². The minimum absolute atomic E-state index is 0.0886. The molecule has 9 heteroatoms. The van der Waals surface area contributed by atoms with Crippen molar-refractivity contribution in [3.05, 3.63) is 83.6 Å². The summed E-state index contributed by atoms with van der Waals surface area (Å²) in [5.74, 6) is -1.61. The first kappa shape index (κ1) is 22.4. The van der Waals surface area contributed by atoms with Crippen molar-refractivity contribution in [3.63, 3.8) is 0 Å². The number of hydrazine groups is 1. The Morgan fingerprint density at radius 2 is 1.64 bits per heavy atom. The maximum absolute atomic E-state index is 13.3. The van der Waals surface area contributed by atoms with Crippen LogP contribution in [-0.2, 0) is 21.0 Å². The van der Waals surface area contributed by atoms with Gasteiger partial charge in [-0.05, 0) is 17.7 Å². The SMILES string of the molecule is CN1NOC(=O)/C1=C\C(=NC(=O)c1ccccc1)C(=O)N1CCN(Cc2ccccc2)CC1. The number of hydrogen-bond donors (Lipinski definition) is 1. The number of nitrogens with one attached hydrogen (secondary N) is 1. The third-order valence-electron chi connectivity index (χ3n) is 5.49. The van der Waals surface area contributed by atoms with E-state index in [4.69, 9.17) is 4.84 Å². The molecule has 170 valence electrons. The van der Waals surface area contributed by atoms with Gasteiger partial charge in [0.05, 0.1) is 0 Å². The predicted octanol–water partition coefficient (Wildman–Crippen LogP) is 1.40. The fourth-order valence-electron chi connectivity index (χ4n) is 3.64. The molecule has 0 atom stereocenters. The van der Waals surface area contributed by atoms with Gasteiger partial charge < -0.3 is 9.74 Å². The van der Waals surface area contributed by atoms with Crippen LogP contribution < -0.4 is 5.59 Å². The number of aliphatic imine (C=N–C) groups is 1. The second kappa shape index (κ2) is 10.2. The van der Waals surface area contributed by atoms with Gasteiger partial charge in [0.15, 0.2) is 0 Å². The molecule has 33 heavy (non-hydrogen) atoms. The highest BCUT2D eigenvalue weighted by Gasteiger charge is 2.29. The Morgan fingerprint density at radius 3 is 2.24 bits per heavy atom. The molecule has 2 aromatic rings. The summed E-state index contributed by atoms with van der Waals surface area (Å²) in [6.45, 7) is 3.18. The minimum Gasteiger partial charge on any atom is -0.345 e. The molecule has 0 unspecified atom stereocenters. The zero-order chi connectivity index (χ0) is 23.2. The fourth-order valence-corrected chi connectivity index (χ4v) is 3.64. The maximum atomic E-state index is 13.3. The number of amides is 2. The lowest BCUT2D eigenvalue weighted by Gasteiger charge is -2.34. The number of piperazine rings is 1. The van der Waals surface area contributed by atoms with Gasteiger partial charge >= 0.3 is 5.97 Å². The van der Waals surface area contributed by atoms with E-state index in [2.05, 4.69) is 27.6 Å². The van der Waals surface area contributed by atoms with Gasteiger partial charge in [0.2, 0.25) is 0 Å². The van der Waals surface area contributed by atoms with Gasteiger partial charge in [-0.3, -0.25) is 19.5 Å². The number of carbonyl (C=O) groups is 3. The van der Waals surface area contributed by atoms with Gasteiger partial charge in [0, 0.05) is 51.4 Å². The molecule has 0 bridgehead atoms. The lowest BCUT2D eigenvalue weighted by atomic mass is 10.1. The van der Waals surface area contributed by atoms with Crippen LogP contribution in [0.4, 0.5) is 0 Å². The van der Waals surface area contributed by atoms with E-state index >= 15 is 0 Å². The minimum atomic E-state index is -0.655. The third-order valence-corrected chi connectivity index (χ3v) is 5.49. The molecule has 2 heterocycles. The number of carbonyl (C=O) groups excluding carboxylic acids is 3. The van der Waals surface area contributed by atoms with E-state index in [1.165, 1.54) is 16.6 Å². The number of likely N-dealkylation sites (N-methyl/N-ethyl adjacent to an activating group) is 1. The van der Waals surface area contributed by atoms with Gasteiger partial charge in [-0.2, -0.15) is 0 Å². The van der Waals surface area contributed by atoms with Gasteiger partial charge in [-0.15, -0.1) is 0 Å². The molecule has 0 aliphatic carbocycles. The first-order valence-electron chi connectivity index (χ1n) is 10.7. The van der Waals surface area contributed by atoms with E-state index in [9.17, 15) is 14.4 Å². The van der Waals surface area contributed by atoms with Crippen molar-refractivity contribution in [2.75, 3.05) is 33.2 Å². The number of nitrogens with zero attached hydrogens (tertiary/aromatic N) is 4. The Morgan fingerprint density at radius 1 is 1.00 bits per heavy atom. The third kappa shape index (κ3) is 5.51. The largest absolute Gasteiger partial charge is 0.376 e. The first-order chi connectivity index (χ1) is 16.0. The van der Waals surface area contributed by atoms with Gasteiger partial charge in [0.25, 0.3) is 11.8 Å². The Kier molecular flexibility index (Phi) is 6.92. The summed E-state index contributed by atoms with van der Waals surface area (Å²) >= 11 is 0. The van der Waals surface area contributed by atoms with Crippen LogP contribution in [0.5, 0.6) is 0 Å². The van der Waals surface area contributed by atoms with Crippen molar-refractivity contribution in [3.8, 4) is 0 Å². The van der Waals surface area contributed by atoms with Crippen LogP contribution in [0.25, 0.3) is 0 Å². The van der Waals surface area contributed by atoms with E-state index in [1.807, 2.05) is 18.2 Å². The quantitative estimate of drug-likeness (QED) is 0.547. The molecular weight excluding hydrogens is 422 g/mol. The van der Waals surface area contributed by atoms with Crippen molar-refractivity contribution in [1.82, 2.24) is 20.4 Å². The number of hydrogen-bond acceptors (Lipinski definition) is 7. The molecule has 9 nitrogen and oxygen atoms in total. The molecule has 0 saturated carbocycles. The maximum Gasteiger partial charge on any atom is 0.376 e. The molecule has 0 spiro atoms. The van der Waals surface area contributed by atoms with Crippen LogP contribution in [0.1, 0.15) is 15.9 Å². The van der Waals surface area contributed by atoms with Gasteiger partial charge in [-0.25, -0.2) is 9.79 Å². The van der Waals surface area contributed by atoms with Crippen molar-refractivity contribution < 1.29 is 19.2 Å². The molecule has 2 aliphatic heterocycles. The molecule has 0 radical (unpaired) electrons. The van der Waals surface area contributed by atoms with Crippen molar-refractivity contribution in [2.24, 2.45) is 4.99 Å². The van der Waals surface area contributed by atoms with Crippen molar-refractivity contribution >= 4 is 23.5 Å². The second-order valence-corrected chi connectivity index (χ2v) is 7.79. The molecule has 2 aliphatic rings. The zero-order valence-electron chi connectivity index (χ0n) is 18.3. The molecule has 2 aromatic carbocycles. The average molecular weight is 447 g/mol. The standard InChI is InChI=1S/C24H25N5O4/c1-27-21(24(32)33-26-27)16-20(25-22(30)19-10-6-3-7-11-19)23(31)29-14-12-28(13-15-29)17-18-8-4-2-5-9-18/h2-11,16,26H,12-15,17H2,1H3/b21-16+,25-20?. The lowest BCUT2D eigenvalue weighted by Crippen LogP contribution is -2.50. The summed E-state index contributed by atoms with van der Waals surface area (Å²) in [6.07, 6.45) is 1.29. The smallest absolute Gasteiger partial charge is 0.345 e. The summed E-state index contributed by atoms with van der Waals surface area (Å²) in [6, 6.07) is 18.6. The molecule has 4 rings (SSSR count). The predicted molar refractivity (Wildman–Crippen MR) is 122 cm³/mol. The van der Waals surface area contributed by atoms with E-state index in [1.54, 1.807) is 42.3 Å². The highest BCUT2D eigenvalue weighted by atomic mass is 16.7. The summed E-state index contributed by atoms with van der Waals surface area (Å²) in [7, 11) is 1.57. The van der Waals surface area contributed by atoms with Crippen LogP contribution in [-0.4, -0.2) is 71.5 Å². The summed E-state index contributed by atoms with van der Waals surface area (Å²) in [5.41, 5.74) is 3.95. The Labute approximate surface area is 191 Å². The lowest BCUT2D eigenvalue weighted by molar-refractivity contribution is -0.142. The summed E-state index contributed by atoms with van der Waals surface area (Å²) in [4.78, 5) is 50.8. The van der Waals surface area contributed by atoms with Crippen molar-refractivity contribution in [2.45, 2.75) is 6.54 Å². The molecular formula is C24H25N5O4. The molecule has 2 amide bonds. The topological polar surface area (TPSA) is 94.5 Å². The summed E-state index contributed by atoms with van der Waals surface area (Å²) < 4.78 is 0. The van der Waals surface area contributed by atoms with E-state index in [-0.39, 0.29) is 11.4 Å². The van der Waals surface area contributed by atoms with Crippen LogP contribution in [0, 0.1) is 0 Å². The normalized spacial score (nSPS) is 18.5. The zero-order valence-corrected chi connectivity index (χ0v) is 18.3. The van der Waals surface area contributed by atoms with Gasteiger partial charge in [0.1, 0.15) is 11.4 Å². The highest BCUT2D eigenvalue weighted by molar-refractivity contribution is 6.45. The number of benzene rings is 2. The molecule has 2 fully saturated rings.